The van der Waals surface area contributed by atoms with E-state index in [0.29, 0.717) is 13.0 Å². The first-order valence-corrected chi connectivity index (χ1v) is 8.54. The predicted molar refractivity (Wildman–Crippen MR) is 101 cm³/mol. The molecule has 3 aromatic rings. The van der Waals surface area contributed by atoms with Crippen molar-refractivity contribution in [3.63, 3.8) is 0 Å². The lowest BCUT2D eigenvalue weighted by Gasteiger charge is -2.26. The third kappa shape index (κ3) is 3.53. The number of carbonyl (C=O) groups excluding carboxylic acids is 1. The van der Waals surface area contributed by atoms with Crippen molar-refractivity contribution in [2.45, 2.75) is 25.9 Å². The summed E-state index contributed by atoms with van der Waals surface area (Å²) in [4.78, 5) is 14.5. The van der Waals surface area contributed by atoms with Gasteiger partial charge in [0.25, 0.3) is 0 Å². The van der Waals surface area contributed by atoms with Crippen LogP contribution in [0.5, 0.6) is 5.75 Å². The Balaban J connectivity index is 1.68. The molecule has 0 bridgehead atoms. The minimum atomic E-state index is -0.0370. The summed E-state index contributed by atoms with van der Waals surface area (Å²) in [6.45, 7) is 2.70. The van der Waals surface area contributed by atoms with E-state index in [2.05, 4.69) is 22.8 Å². The molecule has 0 aliphatic rings. The maximum Gasteiger partial charge on any atom is 0.224 e. The van der Waals surface area contributed by atoms with E-state index in [1.165, 1.54) is 5.39 Å². The number of amides is 1. The van der Waals surface area contributed by atoms with Crippen LogP contribution in [-0.4, -0.2) is 29.5 Å². The highest BCUT2D eigenvalue weighted by Gasteiger charge is 2.20. The van der Waals surface area contributed by atoms with E-state index in [9.17, 15) is 4.79 Å². The van der Waals surface area contributed by atoms with Crippen LogP contribution in [-0.2, 0) is 11.3 Å². The summed E-state index contributed by atoms with van der Waals surface area (Å²) in [6, 6.07) is 18.1. The molecule has 0 saturated heterocycles. The molecule has 0 N–H and O–H groups in total. The summed E-state index contributed by atoms with van der Waals surface area (Å²) in [7, 11) is 3.51. The second-order valence-electron chi connectivity index (χ2n) is 6.24. The van der Waals surface area contributed by atoms with Crippen LogP contribution in [0.25, 0.3) is 10.9 Å². The van der Waals surface area contributed by atoms with E-state index < -0.39 is 0 Å². The molecule has 4 heteroatoms. The average Bonchev–Trinajstić information content (AvgIpc) is 3.08. The molecule has 1 atom stereocenters. The standard InChI is InChI=1S/C21H24N2O2/c1-16(18-9-5-7-11-20(18)25-3)22(2)21(24)13-15-23-14-12-17-8-4-6-10-19(17)23/h4-12,14,16H,13,15H2,1-3H3. The zero-order valence-corrected chi connectivity index (χ0v) is 15.0. The van der Waals surface area contributed by atoms with Crippen LogP contribution in [0.2, 0.25) is 0 Å². The van der Waals surface area contributed by atoms with Crippen molar-refractivity contribution < 1.29 is 9.53 Å². The van der Waals surface area contributed by atoms with Crippen molar-refractivity contribution >= 4 is 16.8 Å². The Morgan fingerprint density at radius 2 is 1.84 bits per heavy atom. The van der Waals surface area contributed by atoms with Gasteiger partial charge < -0.3 is 14.2 Å². The fraction of sp³-hybridized carbons (Fsp3) is 0.286. The van der Waals surface area contributed by atoms with Gasteiger partial charge in [-0.25, -0.2) is 0 Å². The lowest BCUT2D eigenvalue weighted by atomic mass is 10.1. The normalized spacial score (nSPS) is 12.1. The number of fused-ring (bicyclic) bond motifs is 1. The number of methoxy groups -OCH3 is 1. The van der Waals surface area contributed by atoms with E-state index in [0.717, 1.165) is 16.8 Å². The summed E-state index contributed by atoms with van der Waals surface area (Å²) >= 11 is 0. The third-order valence-corrected chi connectivity index (χ3v) is 4.81. The molecular weight excluding hydrogens is 312 g/mol. The van der Waals surface area contributed by atoms with Gasteiger partial charge in [0.15, 0.2) is 0 Å². The lowest BCUT2D eigenvalue weighted by Crippen LogP contribution is -2.30. The molecule has 0 saturated carbocycles. The molecule has 25 heavy (non-hydrogen) atoms. The molecule has 3 rings (SSSR count). The molecule has 4 nitrogen and oxygen atoms in total. The second-order valence-corrected chi connectivity index (χ2v) is 6.24. The molecule has 1 unspecified atom stereocenters. The SMILES string of the molecule is COc1ccccc1C(C)N(C)C(=O)CCn1ccc2ccccc21. The maximum absolute atomic E-state index is 12.7. The zero-order valence-electron chi connectivity index (χ0n) is 15.0. The Kier molecular flexibility index (Phi) is 5.08. The quantitative estimate of drug-likeness (QED) is 0.674. The van der Waals surface area contributed by atoms with Crippen molar-refractivity contribution in [1.29, 1.82) is 0 Å². The lowest BCUT2D eigenvalue weighted by molar-refractivity contribution is -0.132. The fourth-order valence-electron chi connectivity index (χ4n) is 3.16. The zero-order chi connectivity index (χ0) is 17.8. The average molecular weight is 336 g/mol. The summed E-state index contributed by atoms with van der Waals surface area (Å²) < 4.78 is 7.56. The monoisotopic (exact) mass is 336 g/mol. The van der Waals surface area contributed by atoms with Crippen LogP contribution >= 0.6 is 0 Å². The number of hydrogen-bond donors (Lipinski definition) is 0. The molecule has 0 fully saturated rings. The highest BCUT2D eigenvalue weighted by Crippen LogP contribution is 2.28. The maximum atomic E-state index is 12.7. The number of benzene rings is 2. The molecule has 130 valence electrons. The number of hydrogen-bond acceptors (Lipinski definition) is 2. The van der Waals surface area contributed by atoms with Crippen molar-refractivity contribution in [2.75, 3.05) is 14.2 Å². The van der Waals surface area contributed by atoms with E-state index in [4.69, 9.17) is 4.74 Å². The molecule has 1 aromatic heterocycles. The minimum absolute atomic E-state index is 0.0370. The molecule has 1 amide bonds. The van der Waals surface area contributed by atoms with E-state index in [-0.39, 0.29) is 11.9 Å². The summed E-state index contributed by atoms with van der Waals surface area (Å²) in [6.07, 6.45) is 2.51. The van der Waals surface area contributed by atoms with E-state index >= 15 is 0 Å². The summed E-state index contributed by atoms with van der Waals surface area (Å²) in [5, 5.41) is 1.20. The van der Waals surface area contributed by atoms with Gasteiger partial charge in [0, 0.05) is 37.3 Å². The number of aromatic nitrogens is 1. The first kappa shape index (κ1) is 17.1. The van der Waals surface area contributed by atoms with Gasteiger partial charge in [-0.15, -0.1) is 0 Å². The first-order chi connectivity index (χ1) is 12.1. The van der Waals surface area contributed by atoms with Crippen LogP contribution in [0.15, 0.2) is 60.8 Å². The molecular formula is C21H24N2O2. The van der Waals surface area contributed by atoms with Crippen LogP contribution in [0.3, 0.4) is 0 Å². The van der Waals surface area contributed by atoms with Gasteiger partial charge in [0.2, 0.25) is 5.91 Å². The van der Waals surface area contributed by atoms with Crippen LogP contribution < -0.4 is 4.74 Å². The van der Waals surface area contributed by atoms with Gasteiger partial charge >= 0.3 is 0 Å². The Hall–Kier alpha value is -2.75. The number of carbonyl (C=O) groups is 1. The van der Waals surface area contributed by atoms with Crippen molar-refractivity contribution in [3.8, 4) is 5.75 Å². The van der Waals surface area contributed by atoms with Gasteiger partial charge in [0.05, 0.1) is 13.2 Å². The van der Waals surface area contributed by atoms with Crippen LogP contribution in [0, 0.1) is 0 Å². The van der Waals surface area contributed by atoms with Crippen LogP contribution in [0.1, 0.15) is 24.9 Å². The minimum Gasteiger partial charge on any atom is -0.496 e. The first-order valence-electron chi connectivity index (χ1n) is 8.54. The number of aryl methyl sites for hydroxylation is 1. The Morgan fingerprint density at radius 3 is 2.64 bits per heavy atom. The van der Waals surface area contributed by atoms with Gasteiger partial charge in [-0.05, 0) is 30.5 Å². The predicted octanol–water partition coefficient (Wildman–Crippen LogP) is 4.26. The fourth-order valence-corrected chi connectivity index (χ4v) is 3.16. The van der Waals surface area contributed by atoms with Crippen molar-refractivity contribution in [3.05, 3.63) is 66.4 Å². The summed E-state index contributed by atoms with van der Waals surface area (Å²) in [5.74, 6) is 0.933. The third-order valence-electron chi connectivity index (χ3n) is 4.81. The smallest absolute Gasteiger partial charge is 0.224 e. The van der Waals surface area contributed by atoms with Gasteiger partial charge in [-0.2, -0.15) is 0 Å². The molecule has 0 spiro atoms. The largest absolute Gasteiger partial charge is 0.496 e. The van der Waals surface area contributed by atoms with E-state index in [1.807, 2.05) is 56.6 Å². The van der Waals surface area contributed by atoms with Gasteiger partial charge in [-0.1, -0.05) is 36.4 Å². The highest BCUT2D eigenvalue weighted by molar-refractivity contribution is 5.80. The number of ether oxygens (including phenoxy) is 1. The highest BCUT2D eigenvalue weighted by atomic mass is 16.5. The summed E-state index contributed by atoms with van der Waals surface area (Å²) in [5.41, 5.74) is 2.18. The van der Waals surface area contributed by atoms with E-state index in [1.54, 1.807) is 12.0 Å². The number of nitrogens with zero attached hydrogens (tertiary/aromatic N) is 2. The molecule has 1 heterocycles. The molecule has 0 radical (unpaired) electrons. The van der Waals surface area contributed by atoms with Crippen molar-refractivity contribution in [2.24, 2.45) is 0 Å². The van der Waals surface area contributed by atoms with Crippen molar-refractivity contribution in [1.82, 2.24) is 9.47 Å². The number of rotatable bonds is 6. The Labute approximate surface area is 148 Å². The second kappa shape index (κ2) is 7.43. The topological polar surface area (TPSA) is 34.5 Å². The molecule has 0 aliphatic carbocycles. The van der Waals surface area contributed by atoms with Gasteiger partial charge in [0.1, 0.15) is 5.75 Å². The van der Waals surface area contributed by atoms with Gasteiger partial charge in [-0.3, -0.25) is 4.79 Å². The molecule has 0 aliphatic heterocycles. The number of para-hydroxylation sites is 2. The van der Waals surface area contributed by atoms with Crippen LogP contribution in [0.4, 0.5) is 0 Å². The molecule has 2 aromatic carbocycles. The Bertz CT molecular complexity index is 869. The Morgan fingerprint density at radius 1 is 1.12 bits per heavy atom.